The highest BCUT2D eigenvalue weighted by atomic mass is 32.1. The van der Waals surface area contributed by atoms with Crippen LogP contribution in [0.3, 0.4) is 0 Å². The molecule has 3 heterocycles. The van der Waals surface area contributed by atoms with Crippen LogP contribution >= 0.6 is 12.2 Å². The zero-order chi connectivity index (χ0) is 22.1. The van der Waals surface area contributed by atoms with Crippen LogP contribution in [0.1, 0.15) is 49.3 Å². The number of hydrogen-bond donors (Lipinski definition) is 0. The summed E-state index contributed by atoms with van der Waals surface area (Å²) in [5.41, 5.74) is 0.805. The first-order valence-corrected chi connectivity index (χ1v) is 10.9. The number of hydrogen-bond acceptors (Lipinski definition) is 7. The first-order chi connectivity index (χ1) is 14.8. The summed E-state index contributed by atoms with van der Waals surface area (Å²) in [5, 5.41) is 8.80. The summed E-state index contributed by atoms with van der Waals surface area (Å²) in [5.74, 6) is 2.12. The summed E-state index contributed by atoms with van der Waals surface area (Å²) in [7, 11) is 4.01. The number of aromatic nitrogens is 5. The van der Waals surface area contributed by atoms with Crippen LogP contribution < -0.4 is 0 Å². The van der Waals surface area contributed by atoms with Gasteiger partial charge >= 0.3 is 0 Å². The van der Waals surface area contributed by atoms with Crippen LogP contribution in [-0.2, 0) is 6.67 Å². The standard InChI is InChI=1S/C21H28FN7OS/c1-14(26(3)4)19-24-28(21(31)29(19)18-9-7-17(22)8-10-18)13-27-11-5-6-16(12-27)20-23-15(2)25-30-20/h7-10,14,16H,5-6,11-13H2,1-4H3. The zero-order valence-electron chi connectivity index (χ0n) is 18.3. The lowest BCUT2D eigenvalue weighted by atomic mass is 9.98. The van der Waals surface area contributed by atoms with Gasteiger partial charge in [-0.1, -0.05) is 5.16 Å². The summed E-state index contributed by atoms with van der Waals surface area (Å²) in [6.07, 6.45) is 2.06. The fourth-order valence-electron chi connectivity index (χ4n) is 3.90. The van der Waals surface area contributed by atoms with Gasteiger partial charge in [-0.15, -0.1) is 0 Å². The van der Waals surface area contributed by atoms with Gasteiger partial charge in [-0.3, -0.25) is 14.4 Å². The van der Waals surface area contributed by atoms with Crippen molar-refractivity contribution >= 4 is 12.2 Å². The maximum Gasteiger partial charge on any atom is 0.231 e. The normalized spacial score (nSPS) is 18.6. The predicted molar refractivity (Wildman–Crippen MR) is 117 cm³/mol. The van der Waals surface area contributed by atoms with E-state index in [2.05, 4.69) is 26.9 Å². The lowest BCUT2D eigenvalue weighted by Gasteiger charge is -2.30. The number of likely N-dealkylation sites (tertiary alicyclic amines) is 1. The molecule has 1 aromatic carbocycles. The molecular formula is C21H28FN7OS. The Balaban J connectivity index is 1.63. The van der Waals surface area contributed by atoms with Crippen LogP contribution in [-0.4, -0.2) is 61.5 Å². The van der Waals surface area contributed by atoms with E-state index >= 15 is 0 Å². The zero-order valence-corrected chi connectivity index (χ0v) is 19.1. The Morgan fingerprint density at radius 1 is 1.29 bits per heavy atom. The van der Waals surface area contributed by atoms with Crippen molar-refractivity contribution in [1.29, 1.82) is 0 Å². The molecule has 2 unspecified atom stereocenters. The molecule has 1 aliphatic rings. The molecule has 10 heteroatoms. The quantitative estimate of drug-likeness (QED) is 0.536. The Kier molecular flexibility index (Phi) is 6.31. The van der Waals surface area contributed by atoms with E-state index in [1.165, 1.54) is 12.1 Å². The molecule has 1 fully saturated rings. The Bertz CT molecular complexity index is 1090. The molecule has 4 rings (SSSR count). The topological polar surface area (TPSA) is 68.2 Å². The van der Waals surface area contributed by atoms with E-state index in [0.29, 0.717) is 23.2 Å². The van der Waals surface area contributed by atoms with E-state index in [1.54, 1.807) is 12.1 Å². The van der Waals surface area contributed by atoms with E-state index in [9.17, 15) is 4.39 Å². The monoisotopic (exact) mass is 445 g/mol. The van der Waals surface area contributed by atoms with Gasteiger partial charge in [-0.2, -0.15) is 10.1 Å². The van der Waals surface area contributed by atoms with Gasteiger partial charge in [0.1, 0.15) is 5.82 Å². The average molecular weight is 446 g/mol. The minimum Gasteiger partial charge on any atom is -0.339 e. The highest BCUT2D eigenvalue weighted by Crippen LogP contribution is 2.27. The second-order valence-electron chi connectivity index (χ2n) is 8.33. The van der Waals surface area contributed by atoms with Crippen molar-refractivity contribution in [2.45, 2.75) is 45.3 Å². The number of rotatable bonds is 6. The largest absolute Gasteiger partial charge is 0.339 e. The maximum absolute atomic E-state index is 13.5. The fraction of sp³-hybridized carbons (Fsp3) is 0.524. The van der Waals surface area contributed by atoms with E-state index in [-0.39, 0.29) is 17.8 Å². The highest BCUT2D eigenvalue weighted by molar-refractivity contribution is 7.71. The summed E-state index contributed by atoms with van der Waals surface area (Å²) in [4.78, 5) is 8.81. The maximum atomic E-state index is 13.5. The second-order valence-corrected chi connectivity index (χ2v) is 8.69. The SMILES string of the molecule is Cc1noc(C2CCCN(Cn3nc(C(C)N(C)C)n(-c4ccc(F)cc4)c3=S)C2)n1. The minimum absolute atomic E-state index is 0.0310. The molecule has 166 valence electrons. The molecule has 2 aromatic heterocycles. The van der Waals surface area contributed by atoms with Crippen LogP contribution in [0.15, 0.2) is 28.8 Å². The summed E-state index contributed by atoms with van der Waals surface area (Å²) >= 11 is 5.81. The van der Waals surface area contributed by atoms with Crippen LogP contribution in [0.5, 0.6) is 0 Å². The lowest BCUT2D eigenvalue weighted by Crippen LogP contribution is -2.36. The Morgan fingerprint density at radius 3 is 2.68 bits per heavy atom. The van der Waals surface area contributed by atoms with Gasteiger partial charge in [-0.25, -0.2) is 9.07 Å². The Morgan fingerprint density at radius 2 is 2.03 bits per heavy atom. The van der Waals surface area contributed by atoms with E-state index in [1.807, 2.05) is 30.3 Å². The third-order valence-electron chi connectivity index (χ3n) is 5.83. The third kappa shape index (κ3) is 4.60. The van der Waals surface area contributed by atoms with Crippen molar-refractivity contribution in [2.75, 3.05) is 27.2 Å². The van der Waals surface area contributed by atoms with Gasteiger partial charge in [0.25, 0.3) is 0 Å². The fourth-order valence-corrected chi connectivity index (χ4v) is 4.20. The summed E-state index contributed by atoms with van der Waals surface area (Å²) in [6.45, 7) is 6.25. The summed E-state index contributed by atoms with van der Waals surface area (Å²) < 4.78 is 23.3. The molecule has 0 spiro atoms. The van der Waals surface area contributed by atoms with Crippen molar-refractivity contribution in [3.63, 3.8) is 0 Å². The van der Waals surface area contributed by atoms with Gasteiger partial charge < -0.3 is 4.52 Å². The van der Waals surface area contributed by atoms with Crippen molar-refractivity contribution < 1.29 is 8.91 Å². The van der Waals surface area contributed by atoms with Crippen LogP contribution in [0.25, 0.3) is 5.69 Å². The minimum atomic E-state index is -0.277. The van der Waals surface area contributed by atoms with E-state index in [0.717, 1.165) is 37.4 Å². The van der Waals surface area contributed by atoms with Gasteiger partial charge in [0, 0.05) is 12.2 Å². The van der Waals surface area contributed by atoms with Crippen molar-refractivity contribution in [3.05, 3.63) is 52.4 Å². The van der Waals surface area contributed by atoms with Crippen LogP contribution in [0.2, 0.25) is 0 Å². The van der Waals surface area contributed by atoms with Gasteiger partial charge in [-0.05, 0) is 83.8 Å². The number of aryl methyl sites for hydroxylation is 1. The lowest BCUT2D eigenvalue weighted by molar-refractivity contribution is 0.143. The molecular weight excluding hydrogens is 417 g/mol. The smallest absolute Gasteiger partial charge is 0.231 e. The van der Waals surface area contributed by atoms with Crippen LogP contribution in [0, 0.1) is 17.5 Å². The number of benzene rings is 1. The molecule has 31 heavy (non-hydrogen) atoms. The third-order valence-corrected chi connectivity index (χ3v) is 6.22. The molecule has 1 saturated heterocycles. The predicted octanol–water partition coefficient (Wildman–Crippen LogP) is 3.69. The van der Waals surface area contributed by atoms with Crippen molar-refractivity contribution in [2.24, 2.45) is 0 Å². The summed E-state index contributed by atoms with van der Waals surface area (Å²) in [6, 6.07) is 6.39. The molecule has 8 nitrogen and oxygen atoms in total. The van der Waals surface area contributed by atoms with Crippen molar-refractivity contribution in [1.82, 2.24) is 34.3 Å². The molecule has 0 bridgehead atoms. The van der Waals surface area contributed by atoms with Crippen molar-refractivity contribution in [3.8, 4) is 5.69 Å². The second kappa shape index (κ2) is 8.97. The van der Waals surface area contributed by atoms with E-state index < -0.39 is 0 Å². The molecule has 0 amide bonds. The Labute approximate surface area is 186 Å². The molecule has 3 aromatic rings. The number of halogens is 1. The van der Waals surface area contributed by atoms with E-state index in [4.69, 9.17) is 21.8 Å². The molecule has 0 saturated carbocycles. The average Bonchev–Trinajstić information content (AvgIpc) is 3.32. The number of piperidine rings is 1. The van der Waals surface area contributed by atoms with Gasteiger partial charge in [0.2, 0.25) is 10.7 Å². The highest BCUT2D eigenvalue weighted by Gasteiger charge is 2.27. The first kappa shape index (κ1) is 21.8. The molecule has 0 N–H and O–H groups in total. The molecule has 2 atom stereocenters. The van der Waals surface area contributed by atoms with Gasteiger partial charge in [0.05, 0.1) is 18.6 Å². The van der Waals surface area contributed by atoms with Gasteiger partial charge in [0.15, 0.2) is 11.6 Å². The molecule has 0 aliphatic carbocycles. The molecule has 0 radical (unpaired) electrons. The molecule has 1 aliphatic heterocycles. The number of nitrogens with zero attached hydrogens (tertiary/aromatic N) is 7. The Hall–Kier alpha value is -2.43. The first-order valence-electron chi connectivity index (χ1n) is 10.5. The van der Waals surface area contributed by atoms with Crippen LogP contribution in [0.4, 0.5) is 4.39 Å².